The van der Waals surface area contributed by atoms with Crippen LogP contribution in [0.5, 0.6) is 0 Å². The number of aliphatic hydroxyl groups excluding tert-OH is 1. The van der Waals surface area contributed by atoms with Crippen molar-refractivity contribution in [3.63, 3.8) is 0 Å². The van der Waals surface area contributed by atoms with E-state index in [1.807, 2.05) is 7.05 Å². The number of likely N-dealkylation sites (N-methyl/N-ethyl adjacent to an activating group) is 1. The summed E-state index contributed by atoms with van der Waals surface area (Å²) in [5.74, 6) is 1.74. The summed E-state index contributed by atoms with van der Waals surface area (Å²) < 4.78 is 0. The maximum Gasteiger partial charge on any atom is 0.0724 e. The topological polar surface area (TPSA) is 64.5 Å². The Morgan fingerprint density at radius 1 is 1.06 bits per heavy atom. The van der Waals surface area contributed by atoms with Crippen molar-refractivity contribution < 1.29 is 10.2 Å². The fourth-order valence-corrected chi connectivity index (χ4v) is 11.4. The Balaban J connectivity index is 1.43. The Bertz CT molecular complexity index is 871. The van der Waals surface area contributed by atoms with E-state index in [1.165, 1.54) is 19.3 Å². The van der Waals surface area contributed by atoms with Crippen molar-refractivity contribution in [1.82, 2.24) is 10.6 Å². The van der Waals surface area contributed by atoms with E-state index in [0.29, 0.717) is 23.8 Å². The number of hydrogen-bond acceptors (Lipinski definition) is 4. The Hall–Kier alpha value is -0.680. The summed E-state index contributed by atoms with van der Waals surface area (Å²) in [7, 11) is 2.03. The number of hydrogen-bond donors (Lipinski definition) is 4. The first kappa shape index (κ1) is 19.8. The van der Waals surface area contributed by atoms with Gasteiger partial charge in [0.25, 0.3) is 0 Å². The molecule has 0 amide bonds. The third kappa shape index (κ3) is 1.94. The average molecular weight is 425 g/mol. The van der Waals surface area contributed by atoms with Crippen molar-refractivity contribution in [2.75, 3.05) is 20.1 Å². The molecule has 9 aliphatic carbocycles. The van der Waals surface area contributed by atoms with Crippen molar-refractivity contribution in [2.45, 2.75) is 76.0 Å². The van der Waals surface area contributed by atoms with Gasteiger partial charge in [0.2, 0.25) is 0 Å². The van der Waals surface area contributed by atoms with E-state index in [2.05, 4.69) is 41.9 Å². The lowest BCUT2D eigenvalue weighted by Crippen LogP contribution is -2.77. The average Bonchev–Trinajstić information content (AvgIpc) is 3.04. The molecular formula is C27H40N2O2. The summed E-state index contributed by atoms with van der Waals surface area (Å²) in [5.41, 5.74) is -0.872. The molecule has 7 bridgehead atoms. The minimum Gasteiger partial charge on any atom is -0.392 e. The van der Waals surface area contributed by atoms with Gasteiger partial charge in [-0.25, -0.2) is 0 Å². The number of allylic oxidation sites excluding steroid dienone is 1. The molecule has 11 atom stereocenters. The second-order valence-electron chi connectivity index (χ2n) is 13.0. The van der Waals surface area contributed by atoms with E-state index in [1.54, 1.807) is 0 Å². The summed E-state index contributed by atoms with van der Waals surface area (Å²) in [6, 6.07) is 0.483. The molecule has 4 N–H and O–H groups in total. The summed E-state index contributed by atoms with van der Waals surface area (Å²) in [6.07, 6.45) is 18.2. The third-order valence-electron chi connectivity index (χ3n) is 12.0. The zero-order valence-corrected chi connectivity index (χ0v) is 19.2. The number of fused-ring (bicyclic) bond motifs is 2. The van der Waals surface area contributed by atoms with Crippen molar-refractivity contribution in [1.29, 1.82) is 0 Å². The standard InChI is InChI=1S/C27H40N2O2/c1-23-12-17-5-6-20(23)22(30)27-9-7-18-14-25(27,26(31,13-17)15-23)16-24(27)8-3-4-19(24)21(18)29-11-10-28-2/h5-7,9,17-22,28-31H,3-4,8,10-16H2,1-2H3. The van der Waals surface area contributed by atoms with Gasteiger partial charge >= 0.3 is 0 Å². The van der Waals surface area contributed by atoms with Gasteiger partial charge in [0, 0.05) is 35.9 Å². The van der Waals surface area contributed by atoms with Crippen LogP contribution in [-0.4, -0.2) is 48.1 Å². The molecule has 9 aliphatic rings. The minimum atomic E-state index is -0.646. The highest BCUT2D eigenvalue weighted by molar-refractivity contribution is 5.44. The minimum absolute atomic E-state index is 0.0236. The number of rotatable bonds is 4. The van der Waals surface area contributed by atoms with Crippen LogP contribution in [0, 0.1) is 45.3 Å². The van der Waals surface area contributed by atoms with Gasteiger partial charge in [-0.3, -0.25) is 0 Å². The lowest BCUT2D eigenvalue weighted by Gasteiger charge is -2.76. The molecule has 6 saturated carbocycles. The van der Waals surface area contributed by atoms with Gasteiger partial charge < -0.3 is 20.8 Å². The van der Waals surface area contributed by atoms with Gasteiger partial charge in [0.05, 0.1) is 11.7 Å². The van der Waals surface area contributed by atoms with Crippen LogP contribution >= 0.6 is 0 Å². The summed E-state index contributed by atoms with van der Waals surface area (Å²) in [4.78, 5) is 0. The van der Waals surface area contributed by atoms with E-state index in [0.717, 1.165) is 45.2 Å². The van der Waals surface area contributed by atoms with Gasteiger partial charge in [-0.1, -0.05) is 37.6 Å². The van der Waals surface area contributed by atoms with Crippen LogP contribution in [0.25, 0.3) is 0 Å². The normalized spacial score (nSPS) is 62.1. The quantitative estimate of drug-likeness (QED) is 0.414. The third-order valence-corrected chi connectivity index (χ3v) is 12.0. The molecule has 0 aromatic carbocycles. The van der Waals surface area contributed by atoms with Crippen LogP contribution in [0.2, 0.25) is 0 Å². The predicted octanol–water partition coefficient (Wildman–Crippen LogP) is 3.01. The summed E-state index contributed by atoms with van der Waals surface area (Å²) >= 11 is 0. The van der Waals surface area contributed by atoms with Crippen LogP contribution in [0.4, 0.5) is 0 Å². The first-order chi connectivity index (χ1) is 14.8. The van der Waals surface area contributed by atoms with Crippen LogP contribution in [0.1, 0.15) is 58.3 Å². The molecule has 4 heteroatoms. The molecule has 4 nitrogen and oxygen atoms in total. The Morgan fingerprint density at radius 2 is 1.94 bits per heavy atom. The second-order valence-corrected chi connectivity index (χ2v) is 13.0. The molecule has 0 aliphatic heterocycles. The largest absolute Gasteiger partial charge is 0.392 e. The van der Waals surface area contributed by atoms with Gasteiger partial charge in [-0.05, 0) is 80.6 Å². The molecule has 6 fully saturated rings. The predicted molar refractivity (Wildman–Crippen MR) is 121 cm³/mol. The molecule has 0 radical (unpaired) electrons. The fourth-order valence-electron chi connectivity index (χ4n) is 11.4. The van der Waals surface area contributed by atoms with Crippen molar-refractivity contribution >= 4 is 0 Å². The maximum absolute atomic E-state index is 12.6. The highest BCUT2D eigenvalue weighted by Gasteiger charge is 2.87. The summed E-state index contributed by atoms with van der Waals surface area (Å²) in [6.45, 7) is 4.36. The Kier molecular flexibility index (Phi) is 3.74. The first-order valence-corrected chi connectivity index (χ1v) is 13.0. The Labute approximate surface area is 186 Å². The molecule has 31 heavy (non-hydrogen) atoms. The molecule has 0 heterocycles. The highest BCUT2D eigenvalue weighted by Crippen LogP contribution is 2.88. The molecule has 0 aromatic heterocycles. The van der Waals surface area contributed by atoms with Crippen LogP contribution in [0.3, 0.4) is 0 Å². The molecule has 9 rings (SSSR count). The van der Waals surface area contributed by atoms with E-state index in [4.69, 9.17) is 0 Å². The molecular weight excluding hydrogens is 384 g/mol. The molecule has 3 spiro atoms. The van der Waals surface area contributed by atoms with Gasteiger partial charge in [0.15, 0.2) is 0 Å². The van der Waals surface area contributed by atoms with Crippen molar-refractivity contribution in [3.05, 3.63) is 24.3 Å². The van der Waals surface area contributed by atoms with Gasteiger partial charge in [-0.2, -0.15) is 0 Å². The van der Waals surface area contributed by atoms with E-state index >= 15 is 0 Å². The monoisotopic (exact) mass is 424 g/mol. The van der Waals surface area contributed by atoms with E-state index in [-0.39, 0.29) is 33.7 Å². The van der Waals surface area contributed by atoms with Crippen LogP contribution in [0.15, 0.2) is 24.3 Å². The van der Waals surface area contributed by atoms with Crippen LogP contribution in [-0.2, 0) is 0 Å². The maximum atomic E-state index is 12.6. The molecule has 170 valence electrons. The second kappa shape index (κ2) is 5.87. The van der Waals surface area contributed by atoms with Crippen molar-refractivity contribution in [2.24, 2.45) is 45.3 Å². The SMILES string of the molecule is CNCCNC1C2C=CC34C(O)C5C=CC6CC5(C)CC(O)(C6)C3(C2)CC42CCCC12. The fraction of sp³-hybridized carbons (Fsp3) is 0.852. The lowest BCUT2D eigenvalue weighted by atomic mass is 9.28. The van der Waals surface area contributed by atoms with E-state index < -0.39 is 5.60 Å². The van der Waals surface area contributed by atoms with E-state index in [9.17, 15) is 10.2 Å². The molecule has 11 unspecified atom stereocenters. The first-order valence-electron chi connectivity index (χ1n) is 13.0. The number of nitrogens with one attached hydrogen (secondary N) is 2. The lowest BCUT2D eigenvalue weighted by molar-refractivity contribution is -0.317. The van der Waals surface area contributed by atoms with Crippen LogP contribution < -0.4 is 10.6 Å². The van der Waals surface area contributed by atoms with Crippen molar-refractivity contribution in [3.8, 4) is 0 Å². The highest BCUT2D eigenvalue weighted by atomic mass is 16.3. The van der Waals surface area contributed by atoms with Gasteiger partial charge in [-0.15, -0.1) is 0 Å². The molecule has 0 aromatic rings. The number of aliphatic hydroxyl groups is 2. The smallest absolute Gasteiger partial charge is 0.0724 e. The molecule has 0 saturated heterocycles. The summed E-state index contributed by atoms with van der Waals surface area (Å²) in [5, 5.41) is 32.3. The van der Waals surface area contributed by atoms with Gasteiger partial charge in [0.1, 0.15) is 0 Å². The zero-order valence-electron chi connectivity index (χ0n) is 19.2. The Morgan fingerprint density at radius 3 is 2.77 bits per heavy atom. The zero-order chi connectivity index (χ0) is 21.3.